The van der Waals surface area contributed by atoms with Crippen LogP contribution in [0.5, 0.6) is 0 Å². The second-order valence-corrected chi connectivity index (χ2v) is 8.02. The van der Waals surface area contributed by atoms with Crippen molar-refractivity contribution in [2.75, 3.05) is 6.54 Å². The van der Waals surface area contributed by atoms with Gasteiger partial charge in [0.1, 0.15) is 24.3 Å². The second kappa shape index (κ2) is 10.9. The van der Waals surface area contributed by atoms with Gasteiger partial charge in [0, 0.05) is 36.1 Å². The lowest BCUT2D eigenvalue weighted by molar-refractivity contribution is -0.157. The standard InChI is InChI=1S/C24H27N3O4/c1-16-14-21(29)20(15-26-27-25)19(12-13-28)23(16)31-24(18-10-6-3-7-11-18)22(30)17-8-4-2-5-9-17/h2-11,13,16,19-20,22-24,30H,12,14-15H2,1H3/t16-,19-,20-,22-,23+,24-/m0/s1. The Morgan fingerprint density at radius 3 is 2.35 bits per heavy atom. The summed E-state index contributed by atoms with van der Waals surface area (Å²) in [5.41, 5.74) is 10.2. The number of aliphatic hydroxyl groups excluding tert-OH is 1. The summed E-state index contributed by atoms with van der Waals surface area (Å²) in [5, 5.41) is 14.8. The van der Waals surface area contributed by atoms with Gasteiger partial charge in [0.15, 0.2) is 0 Å². The Hall–Kier alpha value is -2.99. The number of hydrogen-bond acceptors (Lipinski definition) is 5. The summed E-state index contributed by atoms with van der Waals surface area (Å²) in [6, 6.07) is 18.7. The monoisotopic (exact) mass is 421 g/mol. The molecule has 1 saturated carbocycles. The highest BCUT2D eigenvalue weighted by atomic mass is 16.5. The van der Waals surface area contributed by atoms with Crippen molar-refractivity contribution in [3.8, 4) is 0 Å². The molecule has 31 heavy (non-hydrogen) atoms. The third-order valence-corrected chi connectivity index (χ3v) is 6.01. The van der Waals surface area contributed by atoms with E-state index >= 15 is 0 Å². The summed E-state index contributed by atoms with van der Waals surface area (Å²) >= 11 is 0. The minimum atomic E-state index is -0.930. The first-order valence-corrected chi connectivity index (χ1v) is 10.5. The SMILES string of the molecule is C[C@H]1CC(=O)[C@@H](CN=[N+]=[N-])[C@H](CC=O)[C@@H]1O[C@@H](c1ccccc1)[C@@H](O)c1ccccc1. The van der Waals surface area contributed by atoms with Crippen LogP contribution in [-0.4, -0.2) is 29.8 Å². The number of azide groups is 1. The molecule has 1 aliphatic rings. The zero-order valence-corrected chi connectivity index (χ0v) is 17.4. The number of aliphatic hydroxyl groups is 1. The van der Waals surface area contributed by atoms with Gasteiger partial charge in [0.25, 0.3) is 0 Å². The first kappa shape index (κ1) is 22.7. The highest BCUT2D eigenvalue weighted by Gasteiger charge is 2.44. The van der Waals surface area contributed by atoms with E-state index in [9.17, 15) is 14.7 Å². The number of ketones is 1. The average Bonchev–Trinajstić information content (AvgIpc) is 2.79. The van der Waals surface area contributed by atoms with Crippen molar-refractivity contribution in [3.05, 3.63) is 82.2 Å². The fourth-order valence-electron chi connectivity index (χ4n) is 4.45. The molecule has 1 aliphatic carbocycles. The molecular weight excluding hydrogens is 394 g/mol. The van der Waals surface area contributed by atoms with Gasteiger partial charge in [-0.15, -0.1) is 0 Å². The van der Waals surface area contributed by atoms with Crippen LogP contribution in [0.15, 0.2) is 65.8 Å². The normalized spacial score (nSPS) is 25.3. The first-order chi connectivity index (χ1) is 15.1. The van der Waals surface area contributed by atoms with Crippen LogP contribution in [0, 0.1) is 17.8 Å². The Morgan fingerprint density at radius 1 is 1.16 bits per heavy atom. The summed E-state index contributed by atoms with van der Waals surface area (Å²) in [6.45, 7) is 1.92. The highest BCUT2D eigenvalue weighted by molar-refractivity contribution is 5.83. The molecule has 0 heterocycles. The number of rotatable bonds is 9. The van der Waals surface area contributed by atoms with Crippen molar-refractivity contribution >= 4 is 12.1 Å². The van der Waals surface area contributed by atoms with E-state index in [1.807, 2.05) is 67.6 Å². The molecule has 0 saturated heterocycles. The zero-order valence-electron chi connectivity index (χ0n) is 17.4. The number of carbonyl (C=O) groups excluding carboxylic acids is 2. The fraction of sp³-hybridized carbons (Fsp3) is 0.417. The quantitative estimate of drug-likeness (QED) is 0.276. The van der Waals surface area contributed by atoms with Gasteiger partial charge < -0.3 is 14.6 Å². The summed E-state index contributed by atoms with van der Waals surface area (Å²) in [4.78, 5) is 26.9. The Labute approximate surface area is 181 Å². The number of benzene rings is 2. The molecule has 2 aromatic rings. The maximum Gasteiger partial charge on any atom is 0.136 e. The van der Waals surface area contributed by atoms with Crippen molar-refractivity contribution in [2.45, 2.75) is 38.1 Å². The molecule has 0 aliphatic heterocycles. The van der Waals surface area contributed by atoms with Crippen LogP contribution in [0.25, 0.3) is 10.4 Å². The molecule has 0 amide bonds. The van der Waals surface area contributed by atoms with E-state index < -0.39 is 30.1 Å². The number of Topliss-reactive ketones (excluding diaryl/α,β-unsaturated/α-hetero) is 1. The van der Waals surface area contributed by atoms with Crippen molar-refractivity contribution in [1.82, 2.24) is 0 Å². The van der Waals surface area contributed by atoms with Gasteiger partial charge in [-0.3, -0.25) is 4.79 Å². The third kappa shape index (κ3) is 5.39. The van der Waals surface area contributed by atoms with E-state index in [4.69, 9.17) is 10.3 Å². The van der Waals surface area contributed by atoms with E-state index in [-0.39, 0.29) is 31.1 Å². The minimum absolute atomic E-state index is 0.00232. The van der Waals surface area contributed by atoms with Gasteiger partial charge in [0.2, 0.25) is 0 Å². The number of carbonyl (C=O) groups is 2. The summed E-state index contributed by atoms with van der Waals surface area (Å²) in [5.74, 6) is -1.17. The smallest absolute Gasteiger partial charge is 0.136 e. The lowest BCUT2D eigenvalue weighted by Crippen LogP contribution is -2.47. The Morgan fingerprint density at radius 2 is 1.77 bits per heavy atom. The topological polar surface area (TPSA) is 112 Å². The number of hydrogen-bond donors (Lipinski definition) is 1. The van der Waals surface area contributed by atoms with Crippen LogP contribution in [-0.2, 0) is 14.3 Å². The fourth-order valence-corrected chi connectivity index (χ4v) is 4.45. The molecule has 0 unspecified atom stereocenters. The van der Waals surface area contributed by atoms with Crippen molar-refractivity contribution in [3.63, 3.8) is 0 Å². The Balaban J connectivity index is 1.96. The molecule has 162 valence electrons. The van der Waals surface area contributed by atoms with E-state index in [1.165, 1.54) is 0 Å². The zero-order chi connectivity index (χ0) is 22.2. The van der Waals surface area contributed by atoms with Crippen molar-refractivity contribution in [2.24, 2.45) is 22.9 Å². The molecule has 7 heteroatoms. The summed E-state index contributed by atoms with van der Waals surface area (Å²) in [6.07, 6.45) is -0.894. The van der Waals surface area contributed by atoms with E-state index in [1.54, 1.807) is 0 Å². The molecule has 0 aromatic heterocycles. The van der Waals surface area contributed by atoms with Crippen LogP contribution in [0.2, 0.25) is 0 Å². The van der Waals surface area contributed by atoms with Gasteiger partial charge in [0.05, 0.1) is 6.10 Å². The molecule has 0 spiro atoms. The molecular formula is C24H27N3O4. The Kier molecular flexibility index (Phi) is 7.95. The number of nitrogens with zero attached hydrogens (tertiary/aromatic N) is 3. The maximum atomic E-state index is 12.6. The van der Waals surface area contributed by atoms with Crippen LogP contribution in [0.1, 0.15) is 43.1 Å². The van der Waals surface area contributed by atoms with E-state index in [0.717, 1.165) is 11.8 Å². The molecule has 7 nitrogen and oxygen atoms in total. The Bertz CT molecular complexity index is 915. The summed E-state index contributed by atoms with van der Waals surface area (Å²) in [7, 11) is 0. The minimum Gasteiger partial charge on any atom is -0.385 e. The molecule has 6 atom stereocenters. The first-order valence-electron chi connectivity index (χ1n) is 10.5. The highest BCUT2D eigenvalue weighted by Crippen LogP contribution is 2.41. The summed E-state index contributed by atoms with van der Waals surface area (Å²) < 4.78 is 6.53. The average molecular weight is 421 g/mol. The van der Waals surface area contributed by atoms with Crippen molar-refractivity contribution in [1.29, 1.82) is 0 Å². The van der Waals surface area contributed by atoms with Crippen LogP contribution >= 0.6 is 0 Å². The number of ether oxygens (including phenoxy) is 1. The second-order valence-electron chi connectivity index (χ2n) is 8.02. The molecule has 3 rings (SSSR count). The van der Waals surface area contributed by atoms with Crippen LogP contribution in [0.3, 0.4) is 0 Å². The molecule has 0 bridgehead atoms. The predicted octanol–water partition coefficient (Wildman–Crippen LogP) is 4.59. The lowest BCUT2D eigenvalue weighted by atomic mass is 9.70. The lowest BCUT2D eigenvalue weighted by Gasteiger charge is -2.42. The van der Waals surface area contributed by atoms with Gasteiger partial charge in [-0.25, -0.2) is 0 Å². The maximum absolute atomic E-state index is 12.6. The van der Waals surface area contributed by atoms with Gasteiger partial charge in [-0.1, -0.05) is 72.7 Å². The largest absolute Gasteiger partial charge is 0.385 e. The van der Waals surface area contributed by atoms with Crippen LogP contribution < -0.4 is 0 Å². The molecule has 0 radical (unpaired) electrons. The number of aldehydes is 1. The van der Waals surface area contributed by atoms with Gasteiger partial charge in [-0.2, -0.15) is 0 Å². The van der Waals surface area contributed by atoms with E-state index in [2.05, 4.69) is 10.0 Å². The molecule has 1 fully saturated rings. The van der Waals surface area contributed by atoms with Gasteiger partial charge in [-0.05, 0) is 22.6 Å². The van der Waals surface area contributed by atoms with Gasteiger partial charge >= 0.3 is 0 Å². The van der Waals surface area contributed by atoms with Crippen molar-refractivity contribution < 1.29 is 19.4 Å². The molecule has 1 N–H and O–H groups in total. The predicted molar refractivity (Wildman–Crippen MR) is 116 cm³/mol. The third-order valence-electron chi connectivity index (χ3n) is 6.01. The van der Waals surface area contributed by atoms with E-state index in [0.29, 0.717) is 5.56 Å². The van der Waals surface area contributed by atoms with Crippen LogP contribution in [0.4, 0.5) is 0 Å². The molecule has 2 aromatic carbocycles.